The minimum absolute atomic E-state index is 0.0724. The van der Waals surface area contributed by atoms with Crippen LogP contribution in [0.25, 0.3) is 0 Å². The zero-order chi connectivity index (χ0) is 20.3. The fourth-order valence-electron chi connectivity index (χ4n) is 4.02. The maximum atomic E-state index is 13.5. The lowest BCUT2D eigenvalue weighted by molar-refractivity contribution is -0.159. The molecule has 148 valence electrons. The molecule has 3 atom stereocenters. The van der Waals surface area contributed by atoms with Gasteiger partial charge in [-0.15, -0.1) is 0 Å². The molecular weight excluding hydrogens is 402 g/mol. The van der Waals surface area contributed by atoms with Gasteiger partial charge in [0.05, 0.1) is 12.0 Å². The first-order valence-corrected chi connectivity index (χ1v) is 10.7. The van der Waals surface area contributed by atoms with E-state index in [1.165, 1.54) is 36.3 Å². The number of likely N-dealkylation sites (tertiary alicyclic amines) is 1. The average Bonchev–Trinajstić information content (AvgIpc) is 2.66. The second kappa shape index (κ2) is 6.39. The quantitative estimate of drug-likeness (QED) is 0.760. The highest BCUT2D eigenvalue weighted by Crippen LogP contribution is 2.50. The summed E-state index contributed by atoms with van der Waals surface area (Å²) in [6.07, 6.45) is 0.368. The Hall–Kier alpha value is -2.25. The van der Waals surface area contributed by atoms with Crippen molar-refractivity contribution in [3.05, 3.63) is 53.1 Å². The SMILES string of the molecule is COc1ccc2c(c1)C1CC(C)(O2)N(C)C(=O)C1S(=O)(=O)c1ccc(Cl)cc1. The second-order valence-corrected chi connectivity index (χ2v) is 9.81. The Kier molecular flexibility index (Phi) is 4.35. The molecule has 0 radical (unpaired) electrons. The summed E-state index contributed by atoms with van der Waals surface area (Å²) in [6.45, 7) is 1.80. The van der Waals surface area contributed by atoms with Gasteiger partial charge in [0.1, 0.15) is 11.5 Å². The van der Waals surface area contributed by atoms with E-state index in [1.54, 1.807) is 32.2 Å². The Balaban J connectivity index is 1.89. The first-order valence-electron chi connectivity index (χ1n) is 8.81. The van der Waals surface area contributed by atoms with Gasteiger partial charge in [0.25, 0.3) is 0 Å². The van der Waals surface area contributed by atoms with Crippen LogP contribution in [0.15, 0.2) is 47.4 Å². The number of carbonyl (C=O) groups is 1. The average molecular weight is 422 g/mol. The molecule has 2 bridgehead atoms. The summed E-state index contributed by atoms with van der Waals surface area (Å²) in [5.74, 6) is 0.116. The van der Waals surface area contributed by atoms with Gasteiger partial charge in [0.2, 0.25) is 5.91 Å². The predicted octanol–water partition coefficient (Wildman–Crippen LogP) is 3.25. The van der Waals surface area contributed by atoms with Gasteiger partial charge in [0, 0.05) is 30.0 Å². The van der Waals surface area contributed by atoms with E-state index in [1.807, 2.05) is 0 Å². The molecule has 4 rings (SSSR count). The van der Waals surface area contributed by atoms with Crippen LogP contribution in [-0.4, -0.2) is 44.4 Å². The highest BCUT2D eigenvalue weighted by molar-refractivity contribution is 7.92. The van der Waals surface area contributed by atoms with Crippen LogP contribution in [0.1, 0.15) is 24.8 Å². The molecule has 2 aliphatic heterocycles. The lowest BCUT2D eigenvalue weighted by Gasteiger charge is -2.51. The Morgan fingerprint density at radius 2 is 1.89 bits per heavy atom. The molecule has 2 heterocycles. The van der Waals surface area contributed by atoms with E-state index in [9.17, 15) is 13.2 Å². The molecular formula is C20H20ClNO5S. The minimum Gasteiger partial charge on any atom is -0.497 e. The van der Waals surface area contributed by atoms with E-state index >= 15 is 0 Å². The Morgan fingerprint density at radius 1 is 1.21 bits per heavy atom. The molecule has 1 saturated heterocycles. The molecule has 0 spiro atoms. The van der Waals surface area contributed by atoms with Gasteiger partial charge in [-0.05, 0) is 49.4 Å². The molecule has 1 fully saturated rings. The number of nitrogens with zero attached hydrogens (tertiary/aromatic N) is 1. The number of ether oxygens (including phenoxy) is 2. The lowest BCUT2D eigenvalue weighted by atomic mass is 9.80. The minimum atomic E-state index is -3.95. The summed E-state index contributed by atoms with van der Waals surface area (Å²) < 4.78 is 38.3. The summed E-state index contributed by atoms with van der Waals surface area (Å²) in [5, 5.41) is -0.818. The number of sulfone groups is 1. The number of hydrogen-bond acceptors (Lipinski definition) is 5. The van der Waals surface area contributed by atoms with Gasteiger partial charge in [0.15, 0.2) is 20.8 Å². The third-order valence-electron chi connectivity index (χ3n) is 5.67. The van der Waals surface area contributed by atoms with Gasteiger partial charge in [-0.2, -0.15) is 0 Å². The lowest BCUT2D eigenvalue weighted by Crippen LogP contribution is -2.64. The van der Waals surface area contributed by atoms with E-state index in [-0.39, 0.29) is 4.90 Å². The summed E-state index contributed by atoms with van der Waals surface area (Å²) in [5.41, 5.74) is -0.240. The van der Waals surface area contributed by atoms with Gasteiger partial charge >= 0.3 is 0 Å². The number of carbonyl (C=O) groups excluding carboxylic acids is 1. The van der Waals surface area contributed by atoms with Gasteiger partial charge < -0.3 is 14.4 Å². The molecule has 28 heavy (non-hydrogen) atoms. The maximum absolute atomic E-state index is 13.5. The van der Waals surface area contributed by atoms with Crippen LogP contribution in [0.4, 0.5) is 0 Å². The Labute approximate surface area is 168 Å². The molecule has 0 N–H and O–H groups in total. The van der Waals surface area contributed by atoms with Crippen LogP contribution >= 0.6 is 11.6 Å². The van der Waals surface area contributed by atoms with E-state index in [0.29, 0.717) is 28.5 Å². The number of benzene rings is 2. The van der Waals surface area contributed by atoms with Crippen LogP contribution in [0.3, 0.4) is 0 Å². The van der Waals surface area contributed by atoms with Crippen molar-refractivity contribution < 1.29 is 22.7 Å². The van der Waals surface area contributed by atoms with Crippen LogP contribution < -0.4 is 9.47 Å². The molecule has 2 aromatic rings. The fraction of sp³-hybridized carbons (Fsp3) is 0.350. The van der Waals surface area contributed by atoms with Crippen molar-refractivity contribution in [2.45, 2.75) is 35.1 Å². The summed E-state index contributed by atoms with van der Waals surface area (Å²) >= 11 is 5.90. The summed E-state index contributed by atoms with van der Waals surface area (Å²) in [6, 6.07) is 11.2. The zero-order valence-electron chi connectivity index (χ0n) is 15.7. The van der Waals surface area contributed by atoms with Crippen molar-refractivity contribution in [3.63, 3.8) is 0 Å². The third kappa shape index (κ3) is 2.76. The molecule has 0 saturated carbocycles. The summed E-state index contributed by atoms with van der Waals surface area (Å²) in [7, 11) is -0.827. The normalized spacial score (nSPS) is 26.4. The standard InChI is InChI=1S/C20H20ClNO5S/c1-20-11-16(15-10-13(26-3)6-9-17(15)27-20)18(19(23)22(20)2)28(24,25)14-7-4-12(21)5-8-14/h4-10,16,18H,11H2,1-3H3. The molecule has 0 aliphatic carbocycles. The summed E-state index contributed by atoms with van der Waals surface area (Å²) in [4.78, 5) is 14.7. The molecule has 6 nitrogen and oxygen atoms in total. The van der Waals surface area contributed by atoms with Crippen molar-refractivity contribution in [3.8, 4) is 11.5 Å². The molecule has 3 unspecified atom stereocenters. The molecule has 0 aromatic heterocycles. The number of halogens is 1. The van der Waals surface area contributed by atoms with Crippen LogP contribution in [0.2, 0.25) is 5.02 Å². The monoisotopic (exact) mass is 421 g/mol. The molecule has 1 amide bonds. The van der Waals surface area contributed by atoms with Crippen molar-refractivity contribution >= 4 is 27.3 Å². The van der Waals surface area contributed by atoms with E-state index in [0.717, 1.165) is 0 Å². The van der Waals surface area contributed by atoms with Crippen LogP contribution in [0.5, 0.6) is 11.5 Å². The molecule has 2 aromatic carbocycles. The van der Waals surface area contributed by atoms with Crippen molar-refractivity contribution in [2.24, 2.45) is 0 Å². The highest BCUT2D eigenvalue weighted by atomic mass is 35.5. The zero-order valence-corrected chi connectivity index (χ0v) is 17.3. The van der Waals surface area contributed by atoms with E-state index in [4.69, 9.17) is 21.1 Å². The van der Waals surface area contributed by atoms with E-state index in [2.05, 4.69) is 0 Å². The number of amides is 1. The number of fused-ring (bicyclic) bond motifs is 4. The smallest absolute Gasteiger partial charge is 0.244 e. The largest absolute Gasteiger partial charge is 0.497 e. The second-order valence-electron chi connectivity index (χ2n) is 7.31. The maximum Gasteiger partial charge on any atom is 0.244 e. The Bertz CT molecular complexity index is 1050. The molecule has 2 aliphatic rings. The first-order chi connectivity index (χ1) is 13.2. The highest BCUT2D eigenvalue weighted by Gasteiger charge is 2.57. The number of piperidine rings is 1. The number of rotatable bonds is 3. The van der Waals surface area contributed by atoms with Crippen molar-refractivity contribution in [2.75, 3.05) is 14.2 Å². The van der Waals surface area contributed by atoms with Gasteiger partial charge in [-0.3, -0.25) is 4.79 Å². The third-order valence-corrected chi connectivity index (χ3v) is 8.05. The van der Waals surface area contributed by atoms with E-state index < -0.39 is 32.6 Å². The van der Waals surface area contributed by atoms with Crippen molar-refractivity contribution in [1.29, 1.82) is 0 Å². The molecule has 8 heteroatoms. The topological polar surface area (TPSA) is 72.9 Å². The van der Waals surface area contributed by atoms with Gasteiger partial charge in [-0.1, -0.05) is 11.6 Å². The Morgan fingerprint density at radius 3 is 2.54 bits per heavy atom. The fourth-order valence-corrected chi connectivity index (χ4v) is 6.06. The van der Waals surface area contributed by atoms with Crippen LogP contribution in [0, 0.1) is 0 Å². The van der Waals surface area contributed by atoms with Crippen molar-refractivity contribution in [1.82, 2.24) is 4.90 Å². The van der Waals surface area contributed by atoms with Crippen LogP contribution in [-0.2, 0) is 14.6 Å². The van der Waals surface area contributed by atoms with Gasteiger partial charge in [-0.25, -0.2) is 8.42 Å². The number of methoxy groups -OCH3 is 1. The number of hydrogen-bond donors (Lipinski definition) is 0. The first kappa shape index (κ1) is 19.1. The predicted molar refractivity (Wildman–Crippen MR) is 105 cm³/mol.